The standard InChI is InChI=1S/C20H24Cl2N2O4/c1-10(23)6-5-9-28-20(27)16-12(3)24-11(2)15(19(25)26)17(16)13-7-4-8-14(21)18(13)22/h4,7-8,10,17,24H,5-6,9,23H2,1-3H3,(H,25,26). The molecule has 0 saturated carbocycles. The van der Waals surface area contributed by atoms with Gasteiger partial charge in [-0.25, -0.2) is 9.59 Å². The molecule has 4 N–H and O–H groups in total. The fraction of sp³-hybridized carbons (Fsp3) is 0.400. The maximum atomic E-state index is 12.9. The van der Waals surface area contributed by atoms with Crippen molar-refractivity contribution in [1.82, 2.24) is 5.32 Å². The van der Waals surface area contributed by atoms with Crippen molar-refractivity contribution in [2.75, 3.05) is 6.61 Å². The molecular weight excluding hydrogens is 403 g/mol. The van der Waals surface area contributed by atoms with Crippen molar-refractivity contribution < 1.29 is 19.4 Å². The second-order valence-electron chi connectivity index (χ2n) is 6.84. The minimum absolute atomic E-state index is 0.0122. The number of rotatable bonds is 7. The van der Waals surface area contributed by atoms with E-state index in [1.807, 2.05) is 6.92 Å². The van der Waals surface area contributed by atoms with Crippen LogP contribution in [-0.2, 0) is 14.3 Å². The highest BCUT2D eigenvalue weighted by Gasteiger charge is 2.38. The second kappa shape index (κ2) is 9.45. The van der Waals surface area contributed by atoms with Gasteiger partial charge in [0.25, 0.3) is 0 Å². The Kier molecular flexibility index (Phi) is 7.52. The summed E-state index contributed by atoms with van der Waals surface area (Å²) in [5.74, 6) is -2.64. The molecule has 1 aromatic rings. The number of ether oxygens (including phenoxy) is 1. The van der Waals surface area contributed by atoms with Crippen molar-refractivity contribution in [3.63, 3.8) is 0 Å². The van der Waals surface area contributed by atoms with E-state index in [1.165, 1.54) is 0 Å². The number of carboxylic acid groups (broad SMARTS) is 1. The number of halogens is 2. The molecule has 2 atom stereocenters. The first-order valence-corrected chi connectivity index (χ1v) is 9.69. The Morgan fingerprint density at radius 2 is 1.89 bits per heavy atom. The van der Waals surface area contributed by atoms with Crippen molar-refractivity contribution in [2.45, 2.75) is 45.6 Å². The van der Waals surface area contributed by atoms with Crippen LogP contribution in [0.4, 0.5) is 0 Å². The predicted octanol–water partition coefficient (Wildman–Crippen LogP) is 3.98. The molecule has 1 aliphatic rings. The van der Waals surface area contributed by atoms with Crippen molar-refractivity contribution in [2.24, 2.45) is 5.73 Å². The molecule has 0 spiro atoms. The highest BCUT2D eigenvalue weighted by molar-refractivity contribution is 6.42. The Hall–Kier alpha value is -2.02. The summed E-state index contributed by atoms with van der Waals surface area (Å²) in [5.41, 5.74) is 7.32. The highest BCUT2D eigenvalue weighted by Crippen LogP contribution is 2.43. The summed E-state index contributed by atoms with van der Waals surface area (Å²) in [6.45, 7) is 5.41. The quantitative estimate of drug-likeness (QED) is 0.450. The summed E-state index contributed by atoms with van der Waals surface area (Å²) in [6.07, 6.45) is 1.33. The summed E-state index contributed by atoms with van der Waals surface area (Å²) in [5, 5.41) is 13.3. The minimum Gasteiger partial charge on any atom is -0.478 e. The Balaban J connectivity index is 2.46. The van der Waals surface area contributed by atoms with E-state index in [0.29, 0.717) is 29.8 Å². The van der Waals surface area contributed by atoms with E-state index in [9.17, 15) is 14.7 Å². The molecule has 8 heteroatoms. The number of benzene rings is 1. The monoisotopic (exact) mass is 426 g/mol. The van der Waals surface area contributed by atoms with Gasteiger partial charge in [0.1, 0.15) is 0 Å². The normalized spacial score (nSPS) is 18.0. The van der Waals surface area contributed by atoms with Crippen LogP contribution in [0.1, 0.15) is 45.1 Å². The number of carbonyl (C=O) groups is 2. The van der Waals surface area contributed by atoms with Crippen LogP contribution in [0.25, 0.3) is 0 Å². The number of hydrogen-bond donors (Lipinski definition) is 3. The predicted molar refractivity (Wildman–Crippen MR) is 109 cm³/mol. The number of hydrogen-bond acceptors (Lipinski definition) is 5. The van der Waals surface area contributed by atoms with Gasteiger partial charge in [-0.15, -0.1) is 0 Å². The van der Waals surface area contributed by atoms with Crippen LogP contribution in [0, 0.1) is 0 Å². The summed E-state index contributed by atoms with van der Waals surface area (Å²) in [6, 6.07) is 4.95. The Labute approximate surface area is 174 Å². The van der Waals surface area contributed by atoms with E-state index in [1.54, 1.807) is 32.0 Å². The van der Waals surface area contributed by atoms with Gasteiger partial charge in [0.15, 0.2) is 0 Å². The van der Waals surface area contributed by atoms with E-state index < -0.39 is 17.9 Å². The maximum absolute atomic E-state index is 12.9. The lowest BCUT2D eigenvalue weighted by Gasteiger charge is -2.30. The number of esters is 1. The number of nitrogens with one attached hydrogen (secondary N) is 1. The van der Waals surface area contributed by atoms with Crippen molar-refractivity contribution in [3.05, 3.63) is 56.3 Å². The molecule has 0 fully saturated rings. The molecular formula is C20H24Cl2N2O4. The van der Waals surface area contributed by atoms with Crippen molar-refractivity contribution in [3.8, 4) is 0 Å². The molecule has 0 aromatic heterocycles. The summed E-state index contributed by atoms with van der Waals surface area (Å²) < 4.78 is 5.40. The SMILES string of the molecule is CC1=C(C(=O)O)C(c2cccc(Cl)c2Cl)C(C(=O)OCCCC(C)N)=C(C)N1. The molecule has 0 bridgehead atoms. The number of nitrogens with two attached hydrogens (primary N) is 1. The highest BCUT2D eigenvalue weighted by atomic mass is 35.5. The molecule has 1 heterocycles. The lowest BCUT2D eigenvalue weighted by atomic mass is 9.80. The molecule has 0 aliphatic carbocycles. The zero-order chi connectivity index (χ0) is 21.0. The molecule has 1 aliphatic heterocycles. The van der Waals surface area contributed by atoms with Crippen LogP contribution in [0.3, 0.4) is 0 Å². The lowest BCUT2D eigenvalue weighted by Crippen LogP contribution is -2.32. The third-order valence-electron chi connectivity index (χ3n) is 4.54. The van der Waals surface area contributed by atoms with Crippen LogP contribution in [-0.4, -0.2) is 29.7 Å². The largest absolute Gasteiger partial charge is 0.478 e. The van der Waals surface area contributed by atoms with Gasteiger partial charge in [0, 0.05) is 17.4 Å². The molecule has 1 aromatic carbocycles. The van der Waals surface area contributed by atoms with E-state index >= 15 is 0 Å². The lowest BCUT2D eigenvalue weighted by molar-refractivity contribution is -0.139. The molecule has 2 unspecified atom stereocenters. The zero-order valence-corrected chi connectivity index (χ0v) is 17.5. The smallest absolute Gasteiger partial charge is 0.336 e. The van der Waals surface area contributed by atoms with Gasteiger partial charge >= 0.3 is 11.9 Å². The van der Waals surface area contributed by atoms with Gasteiger partial charge in [0.05, 0.1) is 33.7 Å². The molecule has 2 rings (SSSR count). The fourth-order valence-corrected chi connectivity index (χ4v) is 3.67. The molecule has 0 amide bonds. The van der Waals surface area contributed by atoms with E-state index in [0.717, 1.165) is 0 Å². The molecule has 0 saturated heterocycles. The van der Waals surface area contributed by atoms with Gasteiger partial charge in [-0.05, 0) is 45.2 Å². The Bertz CT molecular complexity index is 847. The first kappa shape index (κ1) is 22.3. The maximum Gasteiger partial charge on any atom is 0.336 e. The van der Waals surface area contributed by atoms with Gasteiger partial charge in [-0.2, -0.15) is 0 Å². The molecule has 28 heavy (non-hydrogen) atoms. The van der Waals surface area contributed by atoms with Gasteiger partial charge < -0.3 is 20.9 Å². The van der Waals surface area contributed by atoms with Crippen molar-refractivity contribution in [1.29, 1.82) is 0 Å². The minimum atomic E-state index is -1.15. The average molecular weight is 427 g/mol. The Morgan fingerprint density at radius 1 is 1.25 bits per heavy atom. The number of allylic oxidation sites excluding steroid dienone is 2. The van der Waals surface area contributed by atoms with Gasteiger partial charge in [-0.1, -0.05) is 35.3 Å². The topological polar surface area (TPSA) is 102 Å². The third kappa shape index (κ3) is 4.87. The van der Waals surface area contributed by atoms with Crippen LogP contribution < -0.4 is 11.1 Å². The summed E-state index contributed by atoms with van der Waals surface area (Å²) >= 11 is 12.5. The molecule has 152 valence electrons. The van der Waals surface area contributed by atoms with E-state index in [2.05, 4.69) is 5.32 Å². The summed E-state index contributed by atoms with van der Waals surface area (Å²) in [4.78, 5) is 24.9. The number of carbonyl (C=O) groups excluding carboxylic acids is 1. The number of aliphatic carboxylic acids is 1. The first-order valence-electron chi connectivity index (χ1n) is 8.93. The van der Waals surface area contributed by atoms with E-state index in [-0.39, 0.29) is 33.8 Å². The number of dihydropyridines is 1. The molecule has 6 nitrogen and oxygen atoms in total. The van der Waals surface area contributed by atoms with Gasteiger partial charge in [0.2, 0.25) is 0 Å². The van der Waals surface area contributed by atoms with Crippen LogP contribution in [0.5, 0.6) is 0 Å². The summed E-state index contributed by atoms with van der Waals surface area (Å²) in [7, 11) is 0. The Morgan fingerprint density at radius 3 is 2.50 bits per heavy atom. The van der Waals surface area contributed by atoms with E-state index in [4.69, 9.17) is 33.7 Å². The fourth-order valence-electron chi connectivity index (χ4n) is 3.25. The van der Waals surface area contributed by atoms with Crippen LogP contribution >= 0.6 is 23.2 Å². The zero-order valence-electron chi connectivity index (χ0n) is 16.0. The number of carboxylic acids is 1. The average Bonchev–Trinajstić information content (AvgIpc) is 2.59. The second-order valence-corrected chi connectivity index (χ2v) is 7.62. The van der Waals surface area contributed by atoms with Crippen LogP contribution in [0.2, 0.25) is 10.0 Å². The van der Waals surface area contributed by atoms with Crippen LogP contribution in [0.15, 0.2) is 40.7 Å². The third-order valence-corrected chi connectivity index (χ3v) is 5.37. The molecule has 0 radical (unpaired) electrons. The van der Waals surface area contributed by atoms with Gasteiger partial charge in [-0.3, -0.25) is 0 Å². The van der Waals surface area contributed by atoms with Crippen molar-refractivity contribution >= 4 is 35.1 Å². The first-order chi connectivity index (χ1) is 13.1.